The van der Waals surface area contributed by atoms with Gasteiger partial charge in [-0.15, -0.1) is 0 Å². The Morgan fingerprint density at radius 2 is 1.58 bits per heavy atom. The number of carbonyl (C=O) groups excluding carboxylic acids is 1. The topological polar surface area (TPSA) is 32.3 Å². The Hall–Kier alpha value is -3.07. The number of hydrogen-bond donors (Lipinski definition) is 1. The van der Waals surface area contributed by atoms with Crippen molar-refractivity contribution in [1.82, 2.24) is 4.90 Å². The first-order valence-corrected chi connectivity index (χ1v) is 12.3. The summed E-state index contributed by atoms with van der Waals surface area (Å²) in [4.78, 5) is 15.7. The van der Waals surface area contributed by atoms with Crippen molar-refractivity contribution >= 4 is 11.7 Å². The maximum absolute atomic E-state index is 13.6. The molecule has 3 heteroatoms. The van der Waals surface area contributed by atoms with Crippen molar-refractivity contribution in [3.8, 4) is 11.1 Å². The van der Waals surface area contributed by atoms with Crippen molar-refractivity contribution in [2.75, 3.05) is 5.32 Å². The van der Waals surface area contributed by atoms with Crippen LogP contribution in [0.1, 0.15) is 65.5 Å². The van der Waals surface area contributed by atoms with E-state index >= 15 is 0 Å². The molecule has 3 nitrogen and oxygen atoms in total. The second-order valence-electron chi connectivity index (χ2n) is 9.95. The molecule has 3 aromatic rings. The summed E-state index contributed by atoms with van der Waals surface area (Å²) in [6.45, 7) is 6.92. The van der Waals surface area contributed by atoms with Crippen molar-refractivity contribution in [1.29, 1.82) is 0 Å². The van der Waals surface area contributed by atoms with Gasteiger partial charge < -0.3 is 10.2 Å². The Kier molecular flexibility index (Phi) is 5.97. The molecule has 3 aromatic carbocycles. The first-order chi connectivity index (χ1) is 16.0. The van der Waals surface area contributed by atoms with Crippen LogP contribution in [0.25, 0.3) is 11.1 Å². The number of urea groups is 1. The zero-order chi connectivity index (χ0) is 22.9. The maximum Gasteiger partial charge on any atom is 0.322 e. The summed E-state index contributed by atoms with van der Waals surface area (Å²) in [6, 6.07) is 20.1. The zero-order valence-electron chi connectivity index (χ0n) is 20.1. The lowest BCUT2D eigenvalue weighted by Gasteiger charge is -2.35. The Balaban J connectivity index is 1.41. The third kappa shape index (κ3) is 4.42. The molecule has 0 aromatic heterocycles. The molecular weight excluding hydrogens is 404 g/mol. The number of amides is 2. The van der Waals surface area contributed by atoms with Gasteiger partial charge in [-0.05, 0) is 79.0 Å². The highest BCUT2D eigenvalue weighted by molar-refractivity contribution is 5.91. The van der Waals surface area contributed by atoms with Gasteiger partial charge in [-0.3, -0.25) is 0 Å². The molecule has 2 aliphatic rings. The van der Waals surface area contributed by atoms with Crippen LogP contribution in [0.4, 0.5) is 10.5 Å². The molecule has 0 heterocycles. The molecule has 0 unspecified atom stereocenters. The van der Waals surface area contributed by atoms with E-state index in [1.165, 1.54) is 52.6 Å². The highest BCUT2D eigenvalue weighted by Gasteiger charge is 2.27. The normalized spacial score (nSPS) is 15.1. The van der Waals surface area contributed by atoms with Gasteiger partial charge in [0.05, 0.1) is 0 Å². The van der Waals surface area contributed by atoms with Gasteiger partial charge in [0.25, 0.3) is 0 Å². The Morgan fingerprint density at radius 1 is 0.879 bits per heavy atom. The van der Waals surface area contributed by atoms with Gasteiger partial charge in [-0.1, -0.05) is 79.4 Å². The van der Waals surface area contributed by atoms with Gasteiger partial charge >= 0.3 is 6.03 Å². The number of benzene rings is 3. The Bertz CT molecular complexity index is 1170. The van der Waals surface area contributed by atoms with Crippen LogP contribution in [0, 0.1) is 20.8 Å². The van der Waals surface area contributed by atoms with Crippen molar-refractivity contribution in [2.24, 2.45) is 0 Å². The number of nitrogens with one attached hydrogen (secondary N) is 1. The molecule has 0 atom stereocenters. The predicted octanol–water partition coefficient (Wildman–Crippen LogP) is 7.55. The van der Waals surface area contributed by atoms with Crippen molar-refractivity contribution in [2.45, 2.75) is 71.9 Å². The lowest BCUT2D eigenvalue weighted by molar-refractivity contribution is 0.162. The van der Waals surface area contributed by atoms with Crippen molar-refractivity contribution < 1.29 is 4.79 Å². The number of fused-ring (bicyclic) bond motifs is 3. The Morgan fingerprint density at radius 3 is 2.33 bits per heavy atom. The van der Waals surface area contributed by atoms with Gasteiger partial charge in [0.2, 0.25) is 0 Å². The van der Waals surface area contributed by atoms with E-state index in [2.05, 4.69) is 85.6 Å². The molecule has 0 saturated heterocycles. The SMILES string of the molecule is Cc1cc(C)c(NC(=O)N(Cc2ccc3c(c2)Cc2ccccc2-3)C2CCCCC2)c(C)c1. The standard InChI is InChI=1S/C30H34N2O/c1-20-15-21(2)29(22(3)16-20)31-30(33)32(26-10-5-4-6-11-26)19-23-13-14-28-25(17-23)18-24-9-7-8-12-27(24)28/h7-9,12-17,26H,4-6,10-11,18-19H2,1-3H3,(H,31,33). The van der Waals surface area contributed by atoms with E-state index in [0.29, 0.717) is 12.6 Å². The number of carbonyl (C=O) groups is 1. The molecule has 0 radical (unpaired) electrons. The summed E-state index contributed by atoms with van der Waals surface area (Å²) < 4.78 is 0. The molecule has 5 rings (SSSR count). The van der Waals surface area contributed by atoms with Gasteiger partial charge in [0.1, 0.15) is 0 Å². The fourth-order valence-electron chi connectivity index (χ4n) is 5.81. The second kappa shape index (κ2) is 9.05. The van der Waals surface area contributed by atoms with E-state index in [4.69, 9.17) is 0 Å². The molecule has 170 valence electrons. The predicted molar refractivity (Wildman–Crippen MR) is 137 cm³/mol. The van der Waals surface area contributed by atoms with Crippen LogP contribution in [0.2, 0.25) is 0 Å². The minimum absolute atomic E-state index is 0.0285. The van der Waals surface area contributed by atoms with Crippen LogP contribution in [0.15, 0.2) is 54.6 Å². The lowest BCUT2D eigenvalue weighted by Crippen LogP contribution is -2.43. The van der Waals surface area contributed by atoms with Crippen LogP contribution in [0.5, 0.6) is 0 Å². The highest BCUT2D eigenvalue weighted by Crippen LogP contribution is 2.37. The smallest absolute Gasteiger partial charge is 0.317 e. The quantitative estimate of drug-likeness (QED) is 0.350. The van der Waals surface area contributed by atoms with Gasteiger partial charge in [-0.25, -0.2) is 4.79 Å². The third-order valence-corrected chi connectivity index (χ3v) is 7.40. The summed E-state index contributed by atoms with van der Waals surface area (Å²) in [7, 11) is 0. The largest absolute Gasteiger partial charge is 0.322 e. The molecule has 1 saturated carbocycles. The van der Waals surface area contributed by atoms with Crippen molar-refractivity contribution in [3.63, 3.8) is 0 Å². The summed E-state index contributed by atoms with van der Waals surface area (Å²) in [6.07, 6.45) is 6.86. The highest BCUT2D eigenvalue weighted by atomic mass is 16.2. The lowest BCUT2D eigenvalue weighted by atomic mass is 9.93. The molecule has 0 aliphatic heterocycles. The van der Waals surface area contributed by atoms with E-state index in [1.54, 1.807) is 0 Å². The van der Waals surface area contributed by atoms with Gasteiger partial charge in [-0.2, -0.15) is 0 Å². The summed E-state index contributed by atoms with van der Waals surface area (Å²) in [5.41, 5.74) is 11.1. The van der Waals surface area contributed by atoms with E-state index in [-0.39, 0.29) is 6.03 Å². The first-order valence-electron chi connectivity index (χ1n) is 12.3. The van der Waals surface area contributed by atoms with E-state index < -0.39 is 0 Å². The van der Waals surface area contributed by atoms with Gasteiger partial charge in [0, 0.05) is 18.3 Å². The van der Waals surface area contributed by atoms with Gasteiger partial charge in [0.15, 0.2) is 0 Å². The van der Waals surface area contributed by atoms with E-state index in [9.17, 15) is 4.79 Å². The van der Waals surface area contributed by atoms with Crippen LogP contribution < -0.4 is 5.32 Å². The summed E-state index contributed by atoms with van der Waals surface area (Å²) >= 11 is 0. The molecule has 33 heavy (non-hydrogen) atoms. The molecule has 0 spiro atoms. The summed E-state index contributed by atoms with van der Waals surface area (Å²) in [5.74, 6) is 0. The third-order valence-electron chi connectivity index (χ3n) is 7.40. The van der Waals surface area contributed by atoms with Crippen LogP contribution >= 0.6 is 0 Å². The molecule has 2 aliphatic carbocycles. The number of anilines is 1. The Labute approximate surface area is 197 Å². The molecule has 1 fully saturated rings. The van der Waals surface area contributed by atoms with Crippen LogP contribution in [0.3, 0.4) is 0 Å². The average molecular weight is 439 g/mol. The zero-order valence-corrected chi connectivity index (χ0v) is 20.1. The van der Waals surface area contributed by atoms with E-state index in [1.807, 2.05) is 0 Å². The number of nitrogens with zero attached hydrogens (tertiary/aromatic N) is 1. The number of aryl methyl sites for hydroxylation is 3. The molecule has 1 N–H and O–H groups in total. The van der Waals surface area contributed by atoms with Crippen LogP contribution in [-0.2, 0) is 13.0 Å². The summed E-state index contributed by atoms with van der Waals surface area (Å²) in [5, 5.41) is 3.28. The fourth-order valence-corrected chi connectivity index (χ4v) is 5.81. The second-order valence-corrected chi connectivity index (χ2v) is 9.95. The maximum atomic E-state index is 13.6. The number of hydrogen-bond acceptors (Lipinski definition) is 1. The monoisotopic (exact) mass is 438 g/mol. The average Bonchev–Trinajstić information content (AvgIpc) is 3.18. The first kappa shape index (κ1) is 21.8. The molecule has 2 amide bonds. The van der Waals surface area contributed by atoms with Crippen molar-refractivity contribution in [3.05, 3.63) is 88.0 Å². The number of rotatable bonds is 4. The van der Waals surface area contributed by atoms with Crippen LogP contribution in [-0.4, -0.2) is 17.0 Å². The van der Waals surface area contributed by atoms with E-state index in [0.717, 1.165) is 36.1 Å². The minimum Gasteiger partial charge on any atom is -0.317 e. The molecule has 0 bridgehead atoms. The minimum atomic E-state index is 0.0285. The molecular formula is C30H34N2O. The fraction of sp³-hybridized carbons (Fsp3) is 0.367.